The molecule has 3 heteroatoms. The van der Waals surface area contributed by atoms with E-state index in [4.69, 9.17) is 4.42 Å². The zero-order chi connectivity index (χ0) is 30.1. The molecule has 8 aromatic rings. The Bertz CT molecular complexity index is 2480. The molecule has 1 aliphatic carbocycles. The predicted octanol–water partition coefficient (Wildman–Crippen LogP) is 10.5. The summed E-state index contributed by atoms with van der Waals surface area (Å²) >= 11 is 0. The van der Waals surface area contributed by atoms with Gasteiger partial charge < -0.3 is 4.42 Å². The van der Waals surface area contributed by atoms with Crippen LogP contribution in [0.4, 0.5) is 0 Å². The number of hydrogen-bond acceptors (Lipinski definition) is 3. The molecule has 0 aliphatic heterocycles. The highest BCUT2D eigenvalue weighted by Gasteiger charge is 2.24. The van der Waals surface area contributed by atoms with Crippen LogP contribution < -0.4 is 0 Å². The fraction of sp³-hybridized carbons (Fsp3) is 0. The minimum atomic E-state index is -0.0865. The van der Waals surface area contributed by atoms with Crippen LogP contribution in [-0.2, 0) is 0 Å². The molecular formula is C42H24O3. The van der Waals surface area contributed by atoms with Gasteiger partial charge in [-0.2, -0.15) is 0 Å². The highest BCUT2D eigenvalue weighted by atomic mass is 16.3. The van der Waals surface area contributed by atoms with Crippen molar-refractivity contribution in [1.82, 2.24) is 0 Å². The molecule has 0 radical (unpaired) electrons. The summed E-state index contributed by atoms with van der Waals surface area (Å²) in [4.78, 5) is 26.2. The maximum absolute atomic E-state index is 13.4. The van der Waals surface area contributed by atoms with E-state index in [-0.39, 0.29) is 11.6 Å². The molecular weight excluding hydrogens is 552 g/mol. The smallest absolute Gasteiger partial charge is 0.193 e. The van der Waals surface area contributed by atoms with Crippen LogP contribution in [0.5, 0.6) is 0 Å². The molecule has 9 rings (SSSR count). The average Bonchev–Trinajstić information content (AvgIpc) is 3.63. The molecule has 0 atom stereocenters. The van der Waals surface area contributed by atoms with Crippen molar-refractivity contribution in [3.05, 3.63) is 168 Å². The fourth-order valence-corrected chi connectivity index (χ4v) is 6.85. The minimum absolute atomic E-state index is 0.0635. The minimum Gasteiger partial charge on any atom is -0.456 e. The van der Waals surface area contributed by atoms with Crippen LogP contribution in [0.1, 0.15) is 31.8 Å². The van der Waals surface area contributed by atoms with Crippen LogP contribution >= 0.6 is 0 Å². The second-order valence-corrected chi connectivity index (χ2v) is 11.6. The maximum Gasteiger partial charge on any atom is 0.193 e. The molecule has 0 amide bonds. The summed E-state index contributed by atoms with van der Waals surface area (Å²) in [5.74, 6) is -0.150. The molecule has 45 heavy (non-hydrogen) atoms. The standard InChI is InChI=1S/C42H24O3/c43-41(27-7-2-1-3-8-27)29-19-21-30(22-20-29)42(44)28-17-15-25(16-18-28)31-11-6-14-37-40(31)36-23-34-32-12-4-9-26-10-5-13-33(39(26)32)35(34)24-38(36)45-37/h1-24H. The van der Waals surface area contributed by atoms with Crippen LogP contribution in [0.15, 0.2) is 150 Å². The van der Waals surface area contributed by atoms with Crippen molar-refractivity contribution in [1.29, 1.82) is 0 Å². The molecule has 0 bridgehead atoms. The van der Waals surface area contributed by atoms with Gasteiger partial charge in [-0.1, -0.05) is 127 Å². The molecule has 0 spiro atoms. The maximum atomic E-state index is 13.4. The van der Waals surface area contributed by atoms with Crippen molar-refractivity contribution in [2.24, 2.45) is 0 Å². The van der Waals surface area contributed by atoms with E-state index in [1.54, 1.807) is 36.4 Å². The van der Waals surface area contributed by atoms with Crippen LogP contribution in [0.25, 0.3) is 66.1 Å². The Hall–Kier alpha value is -6.06. The topological polar surface area (TPSA) is 47.3 Å². The normalized spacial score (nSPS) is 11.7. The Morgan fingerprint density at radius 1 is 0.400 bits per heavy atom. The molecule has 0 fully saturated rings. The lowest BCUT2D eigenvalue weighted by atomic mass is 9.94. The van der Waals surface area contributed by atoms with Gasteiger partial charge in [-0.3, -0.25) is 9.59 Å². The molecule has 1 aromatic heterocycles. The van der Waals surface area contributed by atoms with E-state index in [0.29, 0.717) is 22.3 Å². The van der Waals surface area contributed by atoms with Crippen molar-refractivity contribution >= 4 is 44.3 Å². The number of furan rings is 1. The van der Waals surface area contributed by atoms with Crippen LogP contribution in [0.2, 0.25) is 0 Å². The quantitative estimate of drug-likeness (QED) is 0.192. The SMILES string of the molecule is O=C(c1ccccc1)c1ccc(C(=O)c2ccc(-c3cccc4oc5cc6c(cc5c34)-c3cccc4cccc-6c34)cc2)cc1. The van der Waals surface area contributed by atoms with Crippen LogP contribution in [0.3, 0.4) is 0 Å². The van der Waals surface area contributed by atoms with Gasteiger partial charge in [-0.25, -0.2) is 0 Å². The van der Waals surface area contributed by atoms with Gasteiger partial charge in [0.25, 0.3) is 0 Å². The van der Waals surface area contributed by atoms with E-state index < -0.39 is 0 Å². The number of benzene rings is 7. The monoisotopic (exact) mass is 576 g/mol. The lowest BCUT2D eigenvalue weighted by Gasteiger charge is -2.07. The summed E-state index contributed by atoms with van der Waals surface area (Å²) in [5.41, 5.74) is 11.0. The molecule has 0 saturated heterocycles. The van der Waals surface area contributed by atoms with Crippen molar-refractivity contribution < 1.29 is 14.0 Å². The number of fused-ring (bicyclic) bond motifs is 6. The fourth-order valence-electron chi connectivity index (χ4n) is 6.85. The zero-order valence-corrected chi connectivity index (χ0v) is 24.1. The summed E-state index contributed by atoms with van der Waals surface area (Å²) in [6.07, 6.45) is 0. The third-order valence-corrected chi connectivity index (χ3v) is 9.02. The van der Waals surface area contributed by atoms with Gasteiger partial charge in [-0.15, -0.1) is 0 Å². The van der Waals surface area contributed by atoms with Crippen molar-refractivity contribution in [3.63, 3.8) is 0 Å². The zero-order valence-electron chi connectivity index (χ0n) is 24.1. The van der Waals surface area contributed by atoms with Gasteiger partial charge in [0.1, 0.15) is 11.2 Å². The first kappa shape index (κ1) is 25.4. The number of carbonyl (C=O) groups excluding carboxylic acids is 2. The predicted molar refractivity (Wildman–Crippen MR) is 181 cm³/mol. The number of rotatable bonds is 5. The Morgan fingerprint density at radius 2 is 0.933 bits per heavy atom. The van der Waals surface area contributed by atoms with E-state index in [1.807, 2.05) is 54.6 Å². The number of hydrogen-bond donors (Lipinski definition) is 0. The molecule has 0 saturated carbocycles. The van der Waals surface area contributed by atoms with E-state index in [9.17, 15) is 9.59 Å². The Kier molecular flexibility index (Phi) is 5.50. The summed E-state index contributed by atoms with van der Waals surface area (Å²) in [5, 5.41) is 4.69. The first-order valence-electron chi connectivity index (χ1n) is 15.0. The van der Waals surface area contributed by atoms with Crippen molar-refractivity contribution in [2.75, 3.05) is 0 Å². The molecule has 0 N–H and O–H groups in total. The van der Waals surface area contributed by atoms with Crippen LogP contribution in [-0.4, -0.2) is 11.6 Å². The summed E-state index contributed by atoms with van der Waals surface area (Å²) in [6.45, 7) is 0. The van der Waals surface area contributed by atoms with E-state index in [0.717, 1.165) is 33.1 Å². The second-order valence-electron chi connectivity index (χ2n) is 11.6. The lowest BCUT2D eigenvalue weighted by Crippen LogP contribution is -2.04. The Morgan fingerprint density at radius 3 is 1.58 bits per heavy atom. The van der Waals surface area contributed by atoms with Gasteiger partial charge in [0.2, 0.25) is 0 Å². The van der Waals surface area contributed by atoms with E-state index >= 15 is 0 Å². The molecule has 3 nitrogen and oxygen atoms in total. The molecule has 1 heterocycles. The number of carbonyl (C=O) groups is 2. The van der Waals surface area contributed by atoms with Gasteiger partial charge in [0.15, 0.2) is 11.6 Å². The highest BCUT2D eigenvalue weighted by molar-refractivity contribution is 6.21. The Labute approximate surface area is 259 Å². The van der Waals surface area contributed by atoms with E-state index in [1.165, 1.54) is 33.0 Å². The van der Waals surface area contributed by atoms with Crippen molar-refractivity contribution in [3.8, 4) is 33.4 Å². The third kappa shape index (κ3) is 3.91. The van der Waals surface area contributed by atoms with Gasteiger partial charge in [0, 0.05) is 33.0 Å². The third-order valence-electron chi connectivity index (χ3n) is 9.02. The summed E-state index contributed by atoms with van der Waals surface area (Å²) in [7, 11) is 0. The highest BCUT2D eigenvalue weighted by Crippen LogP contribution is 2.50. The summed E-state index contributed by atoms with van der Waals surface area (Å²) in [6, 6.07) is 47.4. The number of ketones is 2. The average molecular weight is 577 g/mol. The molecule has 0 unspecified atom stereocenters. The van der Waals surface area contributed by atoms with Crippen LogP contribution in [0, 0.1) is 0 Å². The van der Waals surface area contributed by atoms with E-state index in [2.05, 4.69) is 54.6 Å². The lowest BCUT2D eigenvalue weighted by molar-refractivity contribution is 0.102. The molecule has 210 valence electrons. The van der Waals surface area contributed by atoms with Gasteiger partial charge in [0.05, 0.1) is 0 Å². The Balaban J connectivity index is 1.07. The molecule has 1 aliphatic rings. The second kappa shape index (κ2) is 9.73. The van der Waals surface area contributed by atoms with Crippen molar-refractivity contribution in [2.45, 2.75) is 0 Å². The van der Waals surface area contributed by atoms with Gasteiger partial charge in [-0.05, 0) is 62.4 Å². The first-order chi connectivity index (χ1) is 22.1. The largest absolute Gasteiger partial charge is 0.456 e. The first-order valence-corrected chi connectivity index (χ1v) is 15.0. The van der Waals surface area contributed by atoms with Gasteiger partial charge >= 0.3 is 0 Å². The summed E-state index contributed by atoms with van der Waals surface area (Å²) < 4.78 is 6.43. The molecule has 7 aromatic carbocycles.